The topological polar surface area (TPSA) is 79.3 Å². The van der Waals surface area contributed by atoms with Crippen molar-refractivity contribution in [2.45, 2.75) is 37.0 Å². The predicted octanol–water partition coefficient (Wildman–Crippen LogP) is 5.00. The molecule has 3 saturated heterocycles. The van der Waals surface area contributed by atoms with Gasteiger partial charge in [-0.15, -0.1) is 0 Å². The molecule has 0 radical (unpaired) electrons. The van der Waals surface area contributed by atoms with Crippen LogP contribution in [0.1, 0.15) is 24.0 Å². The van der Waals surface area contributed by atoms with E-state index in [9.17, 15) is 13.2 Å². The van der Waals surface area contributed by atoms with Crippen molar-refractivity contribution in [1.82, 2.24) is 0 Å². The number of thioether (sulfide) groups is 1. The SMILES string of the molecule is COc1ccc(CC(=O)N=C2SC3CS(=O)(=O)CC3N2c2ccc(N3CCC(Cc4ccccc4)CC3)cc2)cc1. The number of ether oxygens (including phenoxy) is 1. The van der Waals surface area contributed by atoms with Crippen molar-refractivity contribution in [2.75, 3.05) is 41.5 Å². The van der Waals surface area contributed by atoms with E-state index in [2.05, 4.69) is 52.4 Å². The van der Waals surface area contributed by atoms with Gasteiger partial charge in [-0.2, -0.15) is 4.99 Å². The second kappa shape index (κ2) is 11.9. The first kappa shape index (κ1) is 27.8. The molecule has 0 aromatic heterocycles. The summed E-state index contributed by atoms with van der Waals surface area (Å²) >= 11 is 1.41. The third kappa shape index (κ3) is 6.46. The maximum Gasteiger partial charge on any atom is 0.252 e. The number of methoxy groups -OCH3 is 1. The molecular formula is C32H35N3O4S2. The lowest BCUT2D eigenvalue weighted by Gasteiger charge is -2.34. The lowest BCUT2D eigenvalue weighted by Crippen LogP contribution is -2.38. The Morgan fingerprint density at radius 3 is 2.27 bits per heavy atom. The fourth-order valence-corrected chi connectivity index (χ4v) is 10.0. The van der Waals surface area contributed by atoms with E-state index < -0.39 is 9.84 Å². The number of anilines is 2. The van der Waals surface area contributed by atoms with E-state index in [0.29, 0.717) is 11.1 Å². The third-order valence-electron chi connectivity index (χ3n) is 8.28. The molecule has 0 spiro atoms. The van der Waals surface area contributed by atoms with Gasteiger partial charge in [0.25, 0.3) is 5.91 Å². The van der Waals surface area contributed by atoms with Crippen LogP contribution in [0.5, 0.6) is 5.75 Å². The molecule has 0 bridgehead atoms. The molecule has 2 unspecified atom stereocenters. The van der Waals surface area contributed by atoms with Crippen molar-refractivity contribution >= 4 is 44.0 Å². The lowest BCUT2D eigenvalue weighted by atomic mass is 9.90. The zero-order valence-corrected chi connectivity index (χ0v) is 24.8. The highest BCUT2D eigenvalue weighted by molar-refractivity contribution is 8.16. The number of hydrogen-bond acceptors (Lipinski definition) is 6. The number of nitrogens with zero attached hydrogens (tertiary/aromatic N) is 3. The Bertz CT molecular complexity index is 1500. The van der Waals surface area contributed by atoms with Crippen LogP contribution in [0.3, 0.4) is 0 Å². The molecule has 3 aromatic carbocycles. The molecule has 0 saturated carbocycles. The summed E-state index contributed by atoms with van der Waals surface area (Å²) in [5, 5.41) is 0.457. The standard InChI is InChI=1S/C32H35N3O4S2/c1-39-28-13-7-24(8-14-28)20-31(36)33-32-35(29-21-41(37,38)22-30(29)40-32)27-11-9-26(10-12-27)34-17-15-25(16-18-34)19-23-5-3-2-4-6-23/h2-14,25,29-30H,15-22H2,1H3. The minimum Gasteiger partial charge on any atom is -0.497 e. The lowest BCUT2D eigenvalue weighted by molar-refractivity contribution is -0.117. The number of aliphatic imine (C=N–C) groups is 1. The Hall–Kier alpha value is -3.30. The summed E-state index contributed by atoms with van der Waals surface area (Å²) < 4.78 is 30.2. The van der Waals surface area contributed by atoms with Gasteiger partial charge in [-0.1, -0.05) is 54.2 Å². The Labute approximate surface area is 246 Å². The van der Waals surface area contributed by atoms with Crippen LogP contribution < -0.4 is 14.5 Å². The number of fused-ring (bicyclic) bond motifs is 1. The van der Waals surface area contributed by atoms with E-state index >= 15 is 0 Å². The van der Waals surface area contributed by atoms with E-state index in [1.54, 1.807) is 7.11 Å². The molecule has 6 rings (SSSR count). The van der Waals surface area contributed by atoms with Crippen molar-refractivity contribution in [3.8, 4) is 5.75 Å². The normalized spacial score (nSPS) is 23.1. The summed E-state index contributed by atoms with van der Waals surface area (Å²) in [6.45, 7) is 2.04. The molecule has 1 amide bonds. The van der Waals surface area contributed by atoms with Gasteiger partial charge in [-0.3, -0.25) is 4.79 Å². The molecule has 7 nitrogen and oxygen atoms in total. The van der Waals surface area contributed by atoms with Crippen LogP contribution in [0.4, 0.5) is 11.4 Å². The summed E-state index contributed by atoms with van der Waals surface area (Å²) in [4.78, 5) is 21.9. The Balaban J connectivity index is 1.15. The van der Waals surface area contributed by atoms with Gasteiger partial charge >= 0.3 is 0 Å². The fraction of sp³-hybridized carbons (Fsp3) is 0.375. The maximum absolute atomic E-state index is 13.0. The maximum atomic E-state index is 13.0. The zero-order valence-electron chi connectivity index (χ0n) is 23.2. The second-order valence-electron chi connectivity index (χ2n) is 11.1. The van der Waals surface area contributed by atoms with Gasteiger partial charge in [0.15, 0.2) is 15.0 Å². The average molecular weight is 590 g/mol. The smallest absolute Gasteiger partial charge is 0.252 e. The first-order valence-corrected chi connectivity index (χ1v) is 16.9. The molecule has 3 aliphatic heterocycles. The summed E-state index contributed by atoms with van der Waals surface area (Å²) in [6, 6.07) is 26.2. The second-order valence-corrected chi connectivity index (χ2v) is 14.5. The first-order valence-electron chi connectivity index (χ1n) is 14.2. The molecule has 41 heavy (non-hydrogen) atoms. The number of amidine groups is 1. The third-order valence-corrected chi connectivity index (χ3v) is 11.5. The highest BCUT2D eigenvalue weighted by Crippen LogP contribution is 2.41. The number of hydrogen-bond donors (Lipinski definition) is 0. The number of sulfone groups is 1. The number of piperidine rings is 1. The molecule has 9 heteroatoms. The monoisotopic (exact) mass is 589 g/mol. The van der Waals surface area contributed by atoms with Crippen LogP contribution >= 0.6 is 11.8 Å². The Morgan fingerprint density at radius 1 is 0.902 bits per heavy atom. The largest absolute Gasteiger partial charge is 0.497 e. The zero-order chi connectivity index (χ0) is 28.4. The highest BCUT2D eigenvalue weighted by Gasteiger charge is 2.49. The number of amides is 1. The minimum atomic E-state index is -3.13. The van der Waals surface area contributed by atoms with E-state index in [1.807, 2.05) is 41.3 Å². The van der Waals surface area contributed by atoms with Gasteiger partial charge in [0.2, 0.25) is 0 Å². The molecule has 3 heterocycles. The van der Waals surface area contributed by atoms with E-state index in [-0.39, 0.29) is 35.1 Å². The van der Waals surface area contributed by atoms with Crippen molar-refractivity contribution in [1.29, 1.82) is 0 Å². The van der Waals surface area contributed by atoms with Crippen LogP contribution in [-0.4, -0.2) is 62.5 Å². The van der Waals surface area contributed by atoms with E-state index in [0.717, 1.165) is 49.4 Å². The van der Waals surface area contributed by atoms with Crippen LogP contribution in [0.25, 0.3) is 0 Å². The molecular weight excluding hydrogens is 555 g/mol. The molecule has 3 aliphatic rings. The average Bonchev–Trinajstić information content (AvgIpc) is 3.45. The first-order chi connectivity index (χ1) is 19.9. The van der Waals surface area contributed by atoms with Crippen LogP contribution in [0.15, 0.2) is 83.9 Å². The van der Waals surface area contributed by atoms with Crippen LogP contribution in [0, 0.1) is 5.92 Å². The number of carbonyl (C=O) groups excluding carboxylic acids is 1. The summed E-state index contributed by atoms with van der Waals surface area (Å²) in [5.74, 6) is 1.37. The highest BCUT2D eigenvalue weighted by atomic mass is 32.2. The summed E-state index contributed by atoms with van der Waals surface area (Å²) in [6.07, 6.45) is 3.63. The molecule has 3 aromatic rings. The van der Waals surface area contributed by atoms with Gasteiger partial charge in [0.1, 0.15) is 5.75 Å². The summed E-state index contributed by atoms with van der Waals surface area (Å²) in [7, 11) is -1.52. The van der Waals surface area contributed by atoms with Gasteiger partial charge < -0.3 is 14.5 Å². The minimum absolute atomic E-state index is 0.0764. The molecule has 0 aliphatic carbocycles. The van der Waals surface area contributed by atoms with Crippen molar-refractivity contribution < 1.29 is 17.9 Å². The molecule has 3 fully saturated rings. The number of rotatable bonds is 7. The Kier molecular flexibility index (Phi) is 8.08. The quantitative estimate of drug-likeness (QED) is 0.384. The van der Waals surface area contributed by atoms with Crippen LogP contribution in [-0.2, 0) is 27.5 Å². The van der Waals surface area contributed by atoms with Gasteiger partial charge in [-0.05, 0) is 72.7 Å². The van der Waals surface area contributed by atoms with Crippen molar-refractivity contribution in [2.24, 2.45) is 10.9 Å². The van der Waals surface area contributed by atoms with E-state index in [4.69, 9.17) is 4.74 Å². The van der Waals surface area contributed by atoms with Gasteiger partial charge in [0, 0.05) is 29.7 Å². The van der Waals surface area contributed by atoms with E-state index in [1.165, 1.54) is 23.0 Å². The molecule has 214 valence electrons. The van der Waals surface area contributed by atoms with Crippen molar-refractivity contribution in [3.63, 3.8) is 0 Å². The molecule has 2 atom stereocenters. The number of carbonyl (C=O) groups is 1. The molecule has 0 N–H and O–H groups in total. The Morgan fingerprint density at radius 2 is 1.59 bits per heavy atom. The predicted molar refractivity (Wildman–Crippen MR) is 167 cm³/mol. The van der Waals surface area contributed by atoms with Gasteiger partial charge in [0.05, 0.1) is 31.1 Å². The number of benzene rings is 3. The summed E-state index contributed by atoms with van der Waals surface area (Å²) in [5.41, 5.74) is 4.31. The van der Waals surface area contributed by atoms with Crippen LogP contribution in [0.2, 0.25) is 0 Å². The fourth-order valence-electron chi connectivity index (χ4n) is 6.10. The van der Waals surface area contributed by atoms with Crippen molar-refractivity contribution in [3.05, 3.63) is 90.0 Å². The van der Waals surface area contributed by atoms with Gasteiger partial charge in [-0.25, -0.2) is 8.42 Å².